The first-order chi connectivity index (χ1) is 14.3. The van der Waals surface area contributed by atoms with Gasteiger partial charge < -0.3 is 5.32 Å². The van der Waals surface area contributed by atoms with Crippen molar-refractivity contribution in [3.05, 3.63) is 89.4 Å². The van der Waals surface area contributed by atoms with Crippen LogP contribution in [0.3, 0.4) is 0 Å². The zero-order valence-corrected chi connectivity index (χ0v) is 16.3. The summed E-state index contributed by atoms with van der Waals surface area (Å²) in [6, 6.07) is 25.9. The summed E-state index contributed by atoms with van der Waals surface area (Å²) in [5.74, 6) is 1.37. The fraction of sp³-hybridized carbons (Fsp3) is 0.0870. The van der Waals surface area contributed by atoms with Gasteiger partial charge in [0.2, 0.25) is 5.95 Å². The lowest BCUT2D eigenvalue weighted by Gasteiger charge is -2.09. The molecule has 0 atom stereocenters. The summed E-state index contributed by atoms with van der Waals surface area (Å²) in [6.45, 7) is 0.725. The smallest absolute Gasteiger partial charge is 0.226 e. The second-order valence-corrected chi connectivity index (χ2v) is 7.23. The van der Waals surface area contributed by atoms with Crippen molar-refractivity contribution < 1.29 is 0 Å². The van der Waals surface area contributed by atoms with Crippen molar-refractivity contribution in [3.63, 3.8) is 0 Å². The predicted octanol–water partition coefficient (Wildman–Crippen LogP) is 5.25. The molecule has 0 saturated heterocycles. The van der Waals surface area contributed by atoms with E-state index >= 15 is 0 Å². The highest BCUT2D eigenvalue weighted by molar-refractivity contribution is 6.30. The number of rotatable bonds is 5. The van der Waals surface area contributed by atoms with Gasteiger partial charge in [0.1, 0.15) is 0 Å². The lowest BCUT2D eigenvalue weighted by molar-refractivity contribution is 0.907. The number of aromatic nitrogens is 4. The molecule has 0 saturated carbocycles. The van der Waals surface area contributed by atoms with Gasteiger partial charge >= 0.3 is 0 Å². The van der Waals surface area contributed by atoms with Gasteiger partial charge in [0.05, 0.1) is 5.52 Å². The minimum atomic E-state index is 0.683. The molecule has 0 bridgehead atoms. The third kappa shape index (κ3) is 3.52. The van der Waals surface area contributed by atoms with Crippen LogP contribution in [0.1, 0.15) is 5.56 Å². The third-order valence-electron chi connectivity index (χ3n) is 4.82. The van der Waals surface area contributed by atoms with Gasteiger partial charge in [-0.05, 0) is 36.2 Å². The fourth-order valence-corrected chi connectivity index (χ4v) is 3.48. The topological polar surface area (TPSA) is 55.1 Å². The zero-order chi connectivity index (χ0) is 19.6. The Morgan fingerprint density at radius 3 is 2.41 bits per heavy atom. The van der Waals surface area contributed by atoms with Crippen LogP contribution < -0.4 is 5.32 Å². The zero-order valence-electron chi connectivity index (χ0n) is 15.6. The van der Waals surface area contributed by atoms with Crippen LogP contribution in [0.5, 0.6) is 0 Å². The molecule has 0 spiro atoms. The molecule has 0 amide bonds. The molecule has 0 radical (unpaired) electrons. The normalized spacial score (nSPS) is 11.2. The van der Waals surface area contributed by atoms with Gasteiger partial charge in [-0.1, -0.05) is 66.2 Å². The Bertz CT molecular complexity index is 1280. The lowest BCUT2D eigenvalue weighted by Crippen LogP contribution is -2.11. The standard InChI is InChI=1S/C23H18ClN5/c24-18-12-10-16(11-13-18)14-15-25-23-26-20-9-5-4-8-19(20)22-27-21(28-29(22)23)17-6-2-1-3-7-17/h1-13H,14-15H2,(H,25,26). The van der Waals surface area contributed by atoms with E-state index in [1.54, 1.807) is 4.52 Å². The molecule has 2 heterocycles. The Hall–Kier alpha value is -3.44. The largest absolute Gasteiger partial charge is 0.354 e. The SMILES string of the molecule is Clc1ccc(CCNc2nc3ccccc3c3nc(-c4ccccc4)nn23)cc1. The maximum Gasteiger partial charge on any atom is 0.226 e. The van der Waals surface area contributed by atoms with Gasteiger partial charge in [0, 0.05) is 22.5 Å². The number of nitrogens with one attached hydrogen (secondary N) is 1. The summed E-state index contributed by atoms with van der Waals surface area (Å²) in [4.78, 5) is 9.59. The number of benzene rings is 3. The Labute approximate surface area is 173 Å². The van der Waals surface area contributed by atoms with Gasteiger partial charge in [-0.25, -0.2) is 9.97 Å². The van der Waals surface area contributed by atoms with Crippen LogP contribution in [0.25, 0.3) is 27.9 Å². The first-order valence-electron chi connectivity index (χ1n) is 9.47. The molecule has 0 unspecified atom stereocenters. The molecule has 5 rings (SSSR count). The molecular weight excluding hydrogens is 382 g/mol. The lowest BCUT2D eigenvalue weighted by atomic mass is 10.1. The molecule has 142 valence electrons. The molecule has 5 aromatic rings. The maximum atomic E-state index is 5.97. The van der Waals surface area contributed by atoms with Crippen molar-refractivity contribution in [2.75, 3.05) is 11.9 Å². The second kappa shape index (κ2) is 7.53. The number of fused-ring (bicyclic) bond motifs is 3. The van der Waals surface area contributed by atoms with E-state index in [2.05, 4.69) is 5.32 Å². The third-order valence-corrected chi connectivity index (χ3v) is 5.07. The van der Waals surface area contributed by atoms with Gasteiger partial charge in [-0.15, -0.1) is 5.10 Å². The molecule has 0 aliphatic rings. The summed E-state index contributed by atoms with van der Waals surface area (Å²) >= 11 is 5.97. The summed E-state index contributed by atoms with van der Waals surface area (Å²) in [5.41, 5.74) is 3.87. The van der Waals surface area contributed by atoms with E-state index < -0.39 is 0 Å². The second-order valence-electron chi connectivity index (χ2n) is 6.79. The molecule has 0 aliphatic heterocycles. The van der Waals surface area contributed by atoms with Crippen molar-refractivity contribution in [3.8, 4) is 11.4 Å². The van der Waals surface area contributed by atoms with E-state index in [4.69, 9.17) is 26.7 Å². The van der Waals surface area contributed by atoms with E-state index in [0.717, 1.165) is 40.1 Å². The highest BCUT2D eigenvalue weighted by Crippen LogP contribution is 2.24. The number of halogens is 1. The van der Waals surface area contributed by atoms with E-state index in [1.807, 2.05) is 78.9 Å². The minimum Gasteiger partial charge on any atom is -0.354 e. The first kappa shape index (κ1) is 17.6. The number of anilines is 1. The quantitative estimate of drug-likeness (QED) is 0.438. The van der Waals surface area contributed by atoms with E-state index in [9.17, 15) is 0 Å². The molecule has 1 N–H and O–H groups in total. The van der Waals surface area contributed by atoms with Crippen LogP contribution in [0.4, 0.5) is 5.95 Å². The van der Waals surface area contributed by atoms with Crippen LogP contribution in [0, 0.1) is 0 Å². The first-order valence-corrected chi connectivity index (χ1v) is 9.85. The van der Waals surface area contributed by atoms with Crippen molar-refractivity contribution in [2.45, 2.75) is 6.42 Å². The van der Waals surface area contributed by atoms with Crippen molar-refractivity contribution in [2.24, 2.45) is 0 Å². The van der Waals surface area contributed by atoms with Gasteiger partial charge in [-0.2, -0.15) is 4.52 Å². The molecule has 5 nitrogen and oxygen atoms in total. The maximum absolute atomic E-state index is 5.97. The van der Waals surface area contributed by atoms with E-state index in [-0.39, 0.29) is 0 Å². The number of hydrogen-bond acceptors (Lipinski definition) is 4. The van der Waals surface area contributed by atoms with Gasteiger partial charge in [0.25, 0.3) is 0 Å². The monoisotopic (exact) mass is 399 g/mol. The summed E-state index contributed by atoms with van der Waals surface area (Å²) < 4.78 is 1.80. The average Bonchev–Trinajstić information content (AvgIpc) is 3.22. The van der Waals surface area contributed by atoms with Gasteiger partial charge in [0.15, 0.2) is 11.5 Å². The number of nitrogens with zero attached hydrogens (tertiary/aromatic N) is 4. The Morgan fingerprint density at radius 1 is 0.828 bits per heavy atom. The summed E-state index contributed by atoms with van der Waals surface area (Å²) in [7, 11) is 0. The number of hydrogen-bond donors (Lipinski definition) is 1. The van der Waals surface area contributed by atoms with Crippen LogP contribution >= 0.6 is 11.6 Å². The Balaban J connectivity index is 1.52. The van der Waals surface area contributed by atoms with Crippen LogP contribution in [0.15, 0.2) is 78.9 Å². The molecular formula is C23H18ClN5. The highest BCUT2D eigenvalue weighted by atomic mass is 35.5. The van der Waals surface area contributed by atoms with Crippen LogP contribution in [-0.2, 0) is 6.42 Å². The summed E-state index contributed by atoms with van der Waals surface area (Å²) in [6.07, 6.45) is 0.855. The van der Waals surface area contributed by atoms with Crippen molar-refractivity contribution >= 4 is 34.1 Å². The Kier molecular flexibility index (Phi) is 4.58. The molecule has 0 aliphatic carbocycles. The molecule has 3 aromatic carbocycles. The van der Waals surface area contributed by atoms with Crippen molar-refractivity contribution in [1.82, 2.24) is 19.6 Å². The average molecular weight is 400 g/mol. The van der Waals surface area contributed by atoms with Crippen molar-refractivity contribution in [1.29, 1.82) is 0 Å². The highest BCUT2D eigenvalue weighted by Gasteiger charge is 2.14. The number of para-hydroxylation sites is 1. The molecule has 2 aromatic heterocycles. The molecule has 0 fully saturated rings. The van der Waals surface area contributed by atoms with Crippen LogP contribution in [0.2, 0.25) is 5.02 Å². The summed E-state index contributed by atoms with van der Waals surface area (Å²) in [5, 5.41) is 9.88. The molecule has 29 heavy (non-hydrogen) atoms. The predicted molar refractivity (Wildman–Crippen MR) is 117 cm³/mol. The van der Waals surface area contributed by atoms with Crippen LogP contribution in [-0.4, -0.2) is 26.1 Å². The Morgan fingerprint density at radius 2 is 1.59 bits per heavy atom. The molecule has 6 heteroatoms. The van der Waals surface area contributed by atoms with Gasteiger partial charge in [-0.3, -0.25) is 0 Å². The fourth-order valence-electron chi connectivity index (χ4n) is 3.35. The minimum absolute atomic E-state index is 0.683. The van der Waals surface area contributed by atoms with E-state index in [1.165, 1.54) is 5.56 Å². The van der Waals surface area contributed by atoms with E-state index in [0.29, 0.717) is 11.8 Å².